The van der Waals surface area contributed by atoms with Crippen molar-refractivity contribution < 1.29 is 4.79 Å². The minimum absolute atomic E-state index is 0.159. The highest BCUT2D eigenvalue weighted by Crippen LogP contribution is 2.29. The average Bonchev–Trinajstić information content (AvgIpc) is 2.52. The van der Waals surface area contributed by atoms with E-state index in [1.165, 1.54) is 19.3 Å². The van der Waals surface area contributed by atoms with Gasteiger partial charge in [0.25, 0.3) is 5.91 Å². The van der Waals surface area contributed by atoms with Crippen molar-refractivity contribution in [1.29, 1.82) is 0 Å². The van der Waals surface area contributed by atoms with Gasteiger partial charge in [0.05, 0.1) is 5.02 Å². The highest BCUT2D eigenvalue weighted by molar-refractivity contribution is 6.34. The van der Waals surface area contributed by atoms with Crippen LogP contribution in [0.2, 0.25) is 10.2 Å². The van der Waals surface area contributed by atoms with Gasteiger partial charge in [0.15, 0.2) is 0 Å². The van der Waals surface area contributed by atoms with Gasteiger partial charge < -0.3 is 4.90 Å². The van der Waals surface area contributed by atoms with Crippen molar-refractivity contribution in [2.24, 2.45) is 5.92 Å². The molecule has 1 aliphatic carbocycles. The zero-order chi connectivity index (χ0) is 16.2. The van der Waals surface area contributed by atoms with Gasteiger partial charge in [-0.2, -0.15) is 0 Å². The van der Waals surface area contributed by atoms with E-state index in [0.29, 0.717) is 17.5 Å². The van der Waals surface area contributed by atoms with Crippen LogP contribution in [-0.4, -0.2) is 22.3 Å². The van der Waals surface area contributed by atoms with Crippen molar-refractivity contribution >= 4 is 29.1 Å². The number of benzene rings is 1. The summed E-state index contributed by atoms with van der Waals surface area (Å²) in [6, 6.07) is 13.2. The zero-order valence-electron chi connectivity index (χ0n) is 12.7. The van der Waals surface area contributed by atoms with Crippen LogP contribution in [0, 0.1) is 5.92 Å². The molecular formula is C18H18Cl2N2O. The summed E-state index contributed by atoms with van der Waals surface area (Å²) in [5, 5.41) is 0.618. The first-order valence-electron chi connectivity index (χ1n) is 7.79. The molecular weight excluding hydrogens is 331 g/mol. The molecule has 0 unspecified atom stereocenters. The molecule has 0 atom stereocenters. The molecule has 1 heterocycles. The molecule has 1 saturated carbocycles. The molecule has 3 rings (SSSR count). The third kappa shape index (κ3) is 4.04. The van der Waals surface area contributed by atoms with E-state index in [1.54, 1.807) is 12.1 Å². The third-order valence-electron chi connectivity index (χ3n) is 4.22. The van der Waals surface area contributed by atoms with Gasteiger partial charge in [-0.25, -0.2) is 4.98 Å². The fraction of sp³-hybridized carbons (Fsp3) is 0.333. The lowest BCUT2D eigenvalue weighted by atomic mass is 9.85. The topological polar surface area (TPSA) is 33.2 Å². The number of rotatable bonds is 5. The van der Waals surface area contributed by atoms with Gasteiger partial charge in [-0.05, 0) is 36.5 Å². The Morgan fingerprint density at radius 3 is 2.52 bits per heavy atom. The summed E-state index contributed by atoms with van der Waals surface area (Å²) in [6.07, 6.45) is 3.60. The summed E-state index contributed by atoms with van der Waals surface area (Å²) in [5.41, 5.74) is 1.33. The van der Waals surface area contributed by atoms with Crippen LogP contribution in [-0.2, 0) is 6.54 Å². The van der Waals surface area contributed by atoms with Crippen LogP contribution in [0.1, 0.15) is 35.3 Å². The van der Waals surface area contributed by atoms with Gasteiger partial charge in [0.1, 0.15) is 10.8 Å². The molecule has 5 heteroatoms. The van der Waals surface area contributed by atoms with E-state index in [0.717, 1.165) is 12.1 Å². The molecule has 120 valence electrons. The molecule has 0 saturated heterocycles. The van der Waals surface area contributed by atoms with Crippen molar-refractivity contribution in [3.63, 3.8) is 0 Å². The second-order valence-corrected chi connectivity index (χ2v) is 6.73. The highest BCUT2D eigenvalue weighted by atomic mass is 35.5. The van der Waals surface area contributed by atoms with Crippen LogP contribution in [0.25, 0.3) is 0 Å². The summed E-state index contributed by atoms with van der Waals surface area (Å²) >= 11 is 12.1. The Labute approximate surface area is 146 Å². The van der Waals surface area contributed by atoms with Gasteiger partial charge in [-0.15, -0.1) is 0 Å². The first kappa shape index (κ1) is 16.3. The summed E-state index contributed by atoms with van der Waals surface area (Å²) in [4.78, 5) is 18.9. The maximum absolute atomic E-state index is 12.9. The Hall–Kier alpha value is -1.58. The zero-order valence-corrected chi connectivity index (χ0v) is 14.2. The van der Waals surface area contributed by atoms with Gasteiger partial charge in [-0.1, -0.05) is 60.0 Å². The number of hydrogen-bond acceptors (Lipinski definition) is 2. The van der Waals surface area contributed by atoms with Crippen LogP contribution in [0.4, 0.5) is 0 Å². The molecule has 1 amide bonds. The number of amides is 1. The molecule has 23 heavy (non-hydrogen) atoms. The number of pyridine rings is 1. The fourth-order valence-corrected chi connectivity index (χ4v) is 3.06. The van der Waals surface area contributed by atoms with Crippen molar-refractivity contribution in [3.05, 3.63) is 63.9 Å². The summed E-state index contributed by atoms with van der Waals surface area (Å²) in [7, 11) is 0. The standard InChI is InChI=1S/C18H18Cl2N2O/c19-15-9-10-16(20)21-17(15)18(23)22(12-14-7-4-8-14)11-13-5-2-1-3-6-13/h1-3,5-6,9-10,14H,4,7-8,11-12H2. The summed E-state index contributed by atoms with van der Waals surface area (Å²) in [6.45, 7) is 1.29. The second kappa shape index (κ2) is 7.33. The van der Waals surface area contributed by atoms with Crippen molar-refractivity contribution in [1.82, 2.24) is 9.88 Å². The lowest BCUT2D eigenvalue weighted by Crippen LogP contribution is -2.37. The highest BCUT2D eigenvalue weighted by Gasteiger charge is 2.26. The number of nitrogens with zero attached hydrogens (tertiary/aromatic N) is 2. The van der Waals surface area contributed by atoms with E-state index in [4.69, 9.17) is 23.2 Å². The van der Waals surface area contributed by atoms with Crippen LogP contribution in [0.5, 0.6) is 0 Å². The number of hydrogen-bond donors (Lipinski definition) is 0. The predicted molar refractivity (Wildman–Crippen MR) is 92.8 cm³/mol. The first-order chi connectivity index (χ1) is 11.1. The van der Waals surface area contributed by atoms with Gasteiger partial charge in [0, 0.05) is 13.1 Å². The maximum Gasteiger partial charge on any atom is 0.274 e. The van der Waals surface area contributed by atoms with Gasteiger partial charge in [0.2, 0.25) is 0 Å². The second-order valence-electron chi connectivity index (χ2n) is 5.93. The van der Waals surface area contributed by atoms with E-state index in [-0.39, 0.29) is 16.8 Å². The van der Waals surface area contributed by atoms with Gasteiger partial charge in [-0.3, -0.25) is 4.79 Å². The van der Waals surface area contributed by atoms with E-state index in [9.17, 15) is 4.79 Å². The Balaban J connectivity index is 1.84. The maximum atomic E-state index is 12.9. The van der Waals surface area contributed by atoms with E-state index in [1.807, 2.05) is 35.2 Å². The minimum Gasteiger partial charge on any atom is -0.333 e. The molecule has 0 bridgehead atoms. The Bertz CT molecular complexity index is 687. The SMILES string of the molecule is O=C(c1nc(Cl)ccc1Cl)N(Cc1ccccc1)CC1CCC1. The molecule has 1 aromatic heterocycles. The van der Waals surface area contributed by atoms with Crippen LogP contribution in [0.15, 0.2) is 42.5 Å². The van der Waals surface area contributed by atoms with Gasteiger partial charge >= 0.3 is 0 Å². The molecule has 1 aliphatic rings. The summed E-state index contributed by atoms with van der Waals surface area (Å²) < 4.78 is 0. The smallest absolute Gasteiger partial charge is 0.274 e. The van der Waals surface area contributed by atoms with E-state index in [2.05, 4.69) is 4.98 Å². The van der Waals surface area contributed by atoms with Crippen molar-refractivity contribution in [2.45, 2.75) is 25.8 Å². The van der Waals surface area contributed by atoms with E-state index < -0.39 is 0 Å². The number of halogens is 2. The molecule has 0 spiro atoms. The molecule has 2 aromatic rings. The number of aromatic nitrogens is 1. The normalized spacial score (nSPS) is 14.3. The quantitative estimate of drug-likeness (QED) is 0.725. The Morgan fingerprint density at radius 2 is 1.87 bits per heavy atom. The molecule has 1 aromatic carbocycles. The van der Waals surface area contributed by atoms with Crippen LogP contribution >= 0.6 is 23.2 Å². The van der Waals surface area contributed by atoms with Crippen molar-refractivity contribution in [2.75, 3.05) is 6.54 Å². The molecule has 0 radical (unpaired) electrons. The van der Waals surface area contributed by atoms with Crippen LogP contribution in [0.3, 0.4) is 0 Å². The third-order valence-corrected chi connectivity index (χ3v) is 4.74. The largest absolute Gasteiger partial charge is 0.333 e. The van der Waals surface area contributed by atoms with Crippen molar-refractivity contribution in [3.8, 4) is 0 Å². The number of carbonyl (C=O) groups is 1. The van der Waals surface area contributed by atoms with E-state index >= 15 is 0 Å². The molecule has 3 nitrogen and oxygen atoms in total. The van der Waals surface area contributed by atoms with Crippen LogP contribution < -0.4 is 0 Å². The lowest BCUT2D eigenvalue weighted by Gasteiger charge is -2.32. The molecule has 1 fully saturated rings. The summed E-state index contributed by atoms with van der Waals surface area (Å²) in [5.74, 6) is 0.411. The Morgan fingerprint density at radius 1 is 1.13 bits per heavy atom. The Kier molecular flexibility index (Phi) is 5.19. The minimum atomic E-state index is -0.159. The monoisotopic (exact) mass is 348 g/mol. The lowest BCUT2D eigenvalue weighted by molar-refractivity contribution is 0.0674. The average molecular weight is 349 g/mol. The predicted octanol–water partition coefficient (Wildman–Crippen LogP) is 4.83. The molecule has 0 N–H and O–H groups in total. The first-order valence-corrected chi connectivity index (χ1v) is 8.54. The fourth-order valence-electron chi connectivity index (χ4n) is 2.73. The number of carbonyl (C=O) groups excluding carboxylic acids is 1. The molecule has 0 aliphatic heterocycles.